The maximum Gasteiger partial charge on any atom is 0.250 e. The summed E-state index contributed by atoms with van der Waals surface area (Å²) in [6.45, 7) is 4.76. The normalized spacial score (nSPS) is 14.8. The number of aromatic nitrogens is 1. The number of nitrogens with zero attached hydrogens (tertiary/aromatic N) is 2. The molecule has 0 radical (unpaired) electrons. The summed E-state index contributed by atoms with van der Waals surface area (Å²) in [4.78, 5) is 6.24. The third-order valence-electron chi connectivity index (χ3n) is 3.53. The van der Waals surface area contributed by atoms with Crippen molar-refractivity contribution in [1.82, 2.24) is 15.2 Å². The van der Waals surface area contributed by atoms with Crippen molar-refractivity contribution in [1.29, 1.82) is 0 Å². The van der Waals surface area contributed by atoms with Crippen LogP contribution in [0, 0.1) is 5.82 Å². The Kier molecular flexibility index (Phi) is 5.73. The Labute approximate surface area is 120 Å². The van der Waals surface area contributed by atoms with Gasteiger partial charge in [0.05, 0.1) is 0 Å². The van der Waals surface area contributed by atoms with E-state index in [2.05, 4.69) is 29.2 Å². The lowest BCUT2D eigenvalue weighted by Gasteiger charge is -2.16. The number of pyridine rings is 1. The highest BCUT2D eigenvalue weighted by Gasteiger charge is 2.25. The lowest BCUT2D eigenvalue weighted by atomic mass is 10.2. The highest BCUT2D eigenvalue weighted by molar-refractivity contribution is 5.23. The third kappa shape index (κ3) is 4.42. The molecular weight excluding hydrogens is 257 g/mol. The van der Waals surface area contributed by atoms with Gasteiger partial charge in [0, 0.05) is 30.9 Å². The topological polar surface area (TPSA) is 37.4 Å². The molecule has 1 aromatic heterocycles. The zero-order chi connectivity index (χ0) is 14.4. The molecule has 4 nitrogen and oxygen atoms in total. The van der Waals surface area contributed by atoms with Crippen LogP contribution in [0.25, 0.3) is 0 Å². The fourth-order valence-electron chi connectivity index (χ4n) is 2.08. The molecule has 1 heterocycles. The molecule has 0 atom stereocenters. The van der Waals surface area contributed by atoms with E-state index in [4.69, 9.17) is 4.74 Å². The molecule has 112 valence electrons. The van der Waals surface area contributed by atoms with Crippen LogP contribution in [0.3, 0.4) is 0 Å². The fourth-order valence-corrected chi connectivity index (χ4v) is 2.08. The van der Waals surface area contributed by atoms with E-state index < -0.39 is 0 Å². The average Bonchev–Trinajstić information content (AvgIpc) is 3.27. The second-order valence-electron chi connectivity index (χ2n) is 5.33. The Balaban J connectivity index is 1.82. The summed E-state index contributed by atoms with van der Waals surface area (Å²) in [7, 11) is 2.08. The van der Waals surface area contributed by atoms with Crippen molar-refractivity contribution in [2.75, 3.05) is 26.7 Å². The van der Waals surface area contributed by atoms with E-state index in [1.54, 1.807) is 12.3 Å². The van der Waals surface area contributed by atoms with Crippen molar-refractivity contribution in [3.63, 3.8) is 0 Å². The molecule has 20 heavy (non-hydrogen) atoms. The first kappa shape index (κ1) is 15.2. The molecule has 0 spiro atoms. The quantitative estimate of drug-likeness (QED) is 0.704. The minimum absolute atomic E-state index is 0.116. The van der Waals surface area contributed by atoms with Crippen molar-refractivity contribution in [2.45, 2.75) is 38.8 Å². The zero-order valence-corrected chi connectivity index (χ0v) is 12.4. The minimum Gasteiger partial charge on any atom is -0.474 e. The van der Waals surface area contributed by atoms with Gasteiger partial charge in [-0.15, -0.1) is 0 Å². The van der Waals surface area contributed by atoms with Gasteiger partial charge in [-0.2, -0.15) is 0 Å². The van der Waals surface area contributed by atoms with E-state index >= 15 is 0 Å². The molecule has 1 N–H and O–H groups in total. The molecule has 1 aliphatic carbocycles. The molecule has 0 bridgehead atoms. The fraction of sp³-hybridized carbons (Fsp3) is 0.667. The predicted molar refractivity (Wildman–Crippen MR) is 77.3 cm³/mol. The number of nitrogens with one attached hydrogen (secondary N) is 1. The molecule has 0 amide bonds. The molecule has 1 aliphatic rings. The number of likely N-dealkylation sites (N-methyl/N-ethyl adjacent to an activating group) is 1. The van der Waals surface area contributed by atoms with Crippen LogP contribution in [-0.2, 0) is 6.54 Å². The lowest BCUT2D eigenvalue weighted by molar-refractivity contribution is 0.219. The van der Waals surface area contributed by atoms with Gasteiger partial charge in [-0.3, -0.25) is 0 Å². The maximum absolute atomic E-state index is 14.2. The molecule has 2 rings (SSSR count). The Hall–Kier alpha value is -1.20. The summed E-state index contributed by atoms with van der Waals surface area (Å²) in [5.41, 5.74) is 0.610. The molecule has 0 aromatic carbocycles. The molecule has 0 aliphatic heterocycles. The van der Waals surface area contributed by atoms with Crippen LogP contribution in [0.2, 0.25) is 0 Å². The van der Waals surface area contributed by atoms with Crippen molar-refractivity contribution < 1.29 is 9.13 Å². The number of rotatable bonds is 9. The maximum atomic E-state index is 14.2. The number of ether oxygens (including phenoxy) is 1. The summed E-state index contributed by atoms with van der Waals surface area (Å²) in [6, 6.07) is 2.39. The van der Waals surface area contributed by atoms with E-state index in [-0.39, 0.29) is 11.7 Å². The van der Waals surface area contributed by atoms with Crippen LogP contribution in [0.15, 0.2) is 12.3 Å². The molecule has 5 heteroatoms. The first-order valence-electron chi connectivity index (χ1n) is 7.39. The highest BCUT2D eigenvalue weighted by Crippen LogP contribution is 2.25. The van der Waals surface area contributed by atoms with E-state index in [1.807, 2.05) is 0 Å². The van der Waals surface area contributed by atoms with Crippen LogP contribution in [0.5, 0.6) is 5.88 Å². The SMILES string of the molecule is CCCNCc1ccnc(OCCN(C)C2CC2)c1F. The van der Waals surface area contributed by atoms with Crippen LogP contribution < -0.4 is 10.1 Å². The summed E-state index contributed by atoms with van der Waals surface area (Å²) in [6.07, 6.45) is 5.17. The molecule has 1 saturated carbocycles. The molecule has 0 unspecified atom stereocenters. The molecular formula is C15H24FN3O. The second kappa shape index (κ2) is 7.55. The van der Waals surface area contributed by atoms with E-state index in [1.165, 1.54) is 12.8 Å². The standard InChI is InChI=1S/C15H24FN3O/c1-3-7-17-11-12-6-8-18-15(14(12)16)20-10-9-19(2)13-4-5-13/h6,8,13,17H,3-5,7,9-11H2,1-2H3. The monoisotopic (exact) mass is 281 g/mol. The van der Waals surface area contributed by atoms with Crippen LogP contribution >= 0.6 is 0 Å². The summed E-state index contributed by atoms with van der Waals surface area (Å²) < 4.78 is 19.6. The first-order chi connectivity index (χ1) is 9.72. The summed E-state index contributed by atoms with van der Waals surface area (Å²) >= 11 is 0. The van der Waals surface area contributed by atoms with Gasteiger partial charge >= 0.3 is 0 Å². The third-order valence-corrected chi connectivity index (χ3v) is 3.53. The Morgan fingerprint density at radius 1 is 1.50 bits per heavy atom. The van der Waals surface area contributed by atoms with Crippen molar-refractivity contribution in [3.05, 3.63) is 23.6 Å². The second-order valence-corrected chi connectivity index (χ2v) is 5.33. The number of halogens is 1. The van der Waals surface area contributed by atoms with Gasteiger partial charge < -0.3 is 15.0 Å². The minimum atomic E-state index is -0.342. The lowest BCUT2D eigenvalue weighted by Crippen LogP contribution is -2.26. The van der Waals surface area contributed by atoms with Crippen molar-refractivity contribution in [2.24, 2.45) is 0 Å². The van der Waals surface area contributed by atoms with Crippen LogP contribution in [0.4, 0.5) is 4.39 Å². The smallest absolute Gasteiger partial charge is 0.250 e. The summed E-state index contributed by atoms with van der Waals surface area (Å²) in [5.74, 6) is -0.227. The van der Waals surface area contributed by atoms with Gasteiger partial charge in [-0.25, -0.2) is 9.37 Å². The zero-order valence-electron chi connectivity index (χ0n) is 12.4. The largest absolute Gasteiger partial charge is 0.474 e. The number of hydrogen-bond acceptors (Lipinski definition) is 4. The van der Waals surface area contributed by atoms with Gasteiger partial charge in [0.1, 0.15) is 6.61 Å². The van der Waals surface area contributed by atoms with Gasteiger partial charge in [0.15, 0.2) is 5.82 Å². The van der Waals surface area contributed by atoms with Gasteiger partial charge in [0.2, 0.25) is 0 Å². The predicted octanol–water partition coefficient (Wildman–Crippen LogP) is 2.19. The Bertz CT molecular complexity index is 424. The van der Waals surface area contributed by atoms with Crippen molar-refractivity contribution in [3.8, 4) is 5.88 Å². The van der Waals surface area contributed by atoms with Crippen LogP contribution in [0.1, 0.15) is 31.7 Å². The first-order valence-corrected chi connectivity index (χ1v) is 7.39. The Morgan fingerprint density at radius 3 is 3.00 bits per heavy atom. The van der Waals surface area contributed by atoms with E-state index in [0.29, 0.717) is 24.8 Å². The average molecular weight is 281 g/mol. The van der Waals surface area contributed by atoms with E-state index in [9.17, 15) is 4.39 Å². The van der Waals surface area contributed by atoms with Crippen LogP contribution in [-0.4, -0.2) is 42.7 Å². The van der Waals surface area contributed by atoms with Gasteiger partial charge in [-0.05, 0) is 38.9 Å². The van der Waals surface area contributed by atoms with Crippen molar-refractivity contribution >= 4 is 0 Å². The van der Waals surface area contributed by atoms with Gasteiger partial charge in [-0.1, -0.05) is 6.92 Å². The van der Waals surface area contributed by atoms with E-state index in [0.717, 1.165) is 19.5 Å². The Morgan fingerprint density at radius 2 is 2.30 bits per heavy atom. The molecule has 1 fully saturated rings. The molecule has 1 aromatic rings. The molecule has 0 saturated heterocycles. The van der Waals surface area contributed by atoms with Gasteiger partial charge in [0.25, 0.3) is 5.88 Å². The number of hydrogen-bond donors (Lipinski definition) is 1. The highest BCUT2D eigenvalue weighted by atomic mass is 19.1. The summed E-state index contributed by atoms with van der Waals surface area (Å²) in [5, 5.41) is 3.19.